The molecule has 0 saturated heterocycles. The fourth-order valence-electron chi connectivity index (χ4n) is 0.675. The van der Waals surface area contributed by atoms with E-state index in [0.717, 1.165) is 18.9 Å². The van der Waals surface area contributed by atoms with Gasteiger partial charge in [-0.1, -0.05) is 0 Å². The average molecular weight is 144 g/mol. The molecule has 1 aliphatic rings. The molecule has 0 radical (unpaired) electrons. The van der Waals surface area contributed by atoms with Gasteiger partial charge in [0.15, 0.2) is 0 Å². The molecule has 1 heterocycles. The van der Waals surface area contributed by atoms with E-state index in [-0.39, 0.29) is 0 Å². The minimum Gasteiger partial charge on any atom is -0.370 e. The number of aliphatic imine (C=N–C) groups is 1. The molecule has 0 saturated carbocycles. The van der Waals surface area contributed by atoms with E-state index in [4.69, 9.17) is 5.26 Å². The summed E-state index contributed by atoms with van der Waals surface area (Å²) in [6.07, 6.45) is 0. The second kappa shape index (κ2) is 3.78. The first-order chi connectivity index (χ1) is 4.93. The minimum atomic E-state index is 0.334. The van der Waals surface area contributed by atoms with Crippen LogP contribution in [0.4, 0.5) is 0 Å². The molecule has 0 aliphatic carbocycles. The van der Waals surface area contributed by atoms with Gasteiger partial charge in [-0.05, 0) is 0 Å². The maximum Gasteiger partial charge on any atom is 0.121 e. The molecule has 6 heteroatoms. The smallest absolute Gasteiger partial charge is 0.121 e. The zero-order valence-electron chi connectivity index (χ0n) is 5.32. The van der Waals surface area contributed by atoms with Crippen molar-refractivity contribution in [2.24, 2.45) is 15.4 Å². The van der Waals surface area contributed by atoms with Crippen molar-refractivity contribution >= 4 is 5.84 Å². The molecule has 56 valence electrons. The molecule has 1 aliphatic heterocycles. The van der Waals surface area contributed by atoms with Gasteiger partial charge in [0, 0.05) is 6.54 Å². The van der Waals surface area contributed by atoms with E-state index in [1.54, 1.807) is 0 Å². The summed E-state index contributed by atoms with van der Waals surface area (Å²) in [5.41, 5.74) is 0. The van der Waals surface area contributed by atoms with Crippen LogP contribution in [0.5, 0.6) is 0 Å². The molecule has 0 bridgehead atoms. The topological polar surface area (TPSA) is 78.6 Å². The van der Waals surface area contributed by atoms with Gasteiger partial charge < -0.3 is 5.32 Å². The molecule has 0 fully saturated rings. The largest absolute Gasteiger partial charge is 0.370 e. The Hall–Kier alpha value is -1.17. The maximum absolute atomic E-state index is 7.72. The van der Waals surface area contributed by atoms with Gasteiger partial charge in [-0.15, -0.1) is 5.11 Å². The third-order valence-corrected chi connectivity index (χ3v) is 1.06. The second-order valence-corrected chi connectivity index (χ2v) is 1.72. The molecular formula is C4H8N4O2. The van der Waals surface area contributed by atoms with Crippen LogP contribution < -0.4 is 5.32 Å². The van der Waals surface area contributed by atoms with Crippen molar-refractivity contribution in [1.29, 1.82) is 0 Å². The Morgan fingerprint density at radius 1 is 1.80 bits per heavy atom. The van der Waals surface area contributed by atoms with Crippen LogP contribution in [-0.4, -0.2) is 30.7 Å². The number of hydrogen-bond acceptors (Lipinski definition) is 6. The van der Waals surface area contributed by atoms with Gasteiger partial charge in [-0.3, -0.25) is 4.99 Å². The zero-order valence-corrected chi connectivity index (χ0v) is 5.32. The van der Waals surface area contributed by atoms with Crippen LogP contribution in [0.15, 0.2) is 15.4 Å². The number of hydrogen-bond donors (Lipinski definition) is 2. The summed E-state index contributed by atoms with van der Waals surface area (Å²) in [6.45, 7) is 1.97. The summed E-state index contributed by atoms with van der Waals surface area (Å²) in [6, 6.07) is 0. The maximum atomic E-state index is 7.72. The number of amidine groups is 1. The van der Waals surface area contributed by atoms with Crippen molar-refractivity contribution < 1.29 is 10.2 Å². The molecule has 6 nitrogen and oxygen atoms in total. The van der Waals surface area contributed by atoms with Crippen LogP contribution in [-0.2, 0) is 4.99 Å². The normalized spacial score (nSPS) is 17.1. The van der Waals surface area contributed by atoms with E-state index in [1.807, 2.05) is 0 Å². The zero-order chi connectivity index (χ0) is 7.23. The van der Waals surface area contributed by atoms with Crippen molar-refractivity contribution in [2.75, 3.05) is 19.6 Å². The Labute approximate surface area is 57.5 Å². The Morgan fingerprint density at radius 3 is 3.30 bits per heavy atom. The third kappa shape index (κ3) is 1.98. The summed E-state index contributed by atoms with van der Waals surface area (Å²) < 4.78 is 0. The lowest BCUT2D eigenvalue weighted by molar-refractivity contribution is -0.251. The SMILES string of the molecule is OON=NCC1=NCCN1. The summed E-state index contributed by atoms with van der Waals surface area (Å²) in [5.74, 6) is 0.779. The summed E-state index contributed by atoms with van der Waals surface area (Å²) in [5, 5.41) is 17.0. The third-order valence-electron chi connectivity index (χ3n) is 1.06. The van der Waals surface area contributed by atoms with Gasteiger partial charge in [0.05, 0.1) is 11.8 Å². The monoisotopic (exact) mass is 144 g/mol. The molecule has 0 amide bonds. The average Bonchev–Trinajstić information content (AvgIpc) is 2.41. The molecule has 0 spiro atoms. The second-order valence-electron chi connectivity index (χ2n) is 1.72. The van der Waals surface area contributed by atoms with Crippen molar-refractivity contribution in [3.63, 3.8) is 0 Å². The van der Waals surface area contributed by atoms with Crippen molar-refractivity contribution in [3.05, 3.63) is 0 Å². The lowest BCUT2D eigenvalue weighted by Gasteiger charge is -1.92. The molecular weight excluding hydrogens is 136 g/mol. The highest BCUT2D eigenvalue weighted by Gasteiger charge is 2.02. The van der Waals surface area contributed by atoms with Gasteiger partial charge in [-0.2, -0.15) is 5.26 Å². The Bertz CT molecular complexity index is 155. The lowest BCUT2D eigenvalue weighted by Crippen LogP contribution is -2.20. The molecule has 2 N–H and O–H groups in total. The van der Waals surface area contributed by atoms with Crippen LogP contribution in [0.1, 0.15) is 0 Å². The van der Waals surface area contributed by atoms with E-state index in [1.165, 1.54) is 0 Å². The Balaban J connectivity index is 2.18. The highest BCUT2D eigenvalue weighted by molar-refractivity contribution is 5.85. The number of nitrogens with one attached hydrogen (secondary N) is 1. The highest BCUT2D eigenvalue weighted by Crippen LogP contribution is 1.86. The van der Waals surface area contributed by atoms with Crippen LogP contribution in [0.2, 0.25) is 0 Å². The van der Waals surface area contributed by atoms with Gasteiger partial charge in [0.2, 0.25) is 0 Å². The molecule has 0 atom stereocenters. The van der Waals surface area contributed by atoms with Crippen LogP contribution in [0, 0.1) is 0 Å². The van der Waals surface area contributed by atoms with E-state index in [9.17, 15) is 0 Å². The van der Waals surface area contributed by atoms with Crippen LogP contribution in [0.3, 0.4) is 0 Å². The molecule has 1 rings (SSSR count). The minimum absolute atomic E-state index is 0.334. The van der Waals surface area contributed by atoms with E-state index in [0.29, 0.717) is 6.54 Å². The van der Waals surface area contributed by atoms with E-state index < -0.39 is 0 Å². The fraction of sp³-hybridized carbons (Fsp3) is 0.750. The standard InChI is InChI=1S/C4H8N4O2/c9-10-8-7-3-4-5-1-2-6-4/h9H,1-3H2,(H,5,6). The summed E-state index contributed by atoms with van der Waals surface area (Å²) >= 11 is 0. The highest BCUT2D eigenvalue weighted by atomic mass is 17.2. The summed E-state index contributed by atoms with van der Waals surface area (Å²) in [7, 11) is 0. The number of rotatable bonds is 3. The van der Waals surface area contributed by atoms with Crippen molar-refractivity contribution in [2.45, 2.75) is 0 Å². The fourth-order valence-corrected chi connectivity index (χ4v) is 0.675. The first kappa shape index (κ1) is 6.94. The molecule has 0 aromatic rings. The van der Waals surface area contributed by atoms with E-state index >= 15 is 0 Å². The van der Waals surface area contributed by atoms with Gasteiger partial charge >= 0.3 is 0 Å². The predicted octanol–water partition coefficient (Wildman–Crippen LogP) is -0.155. The number of nitrogens with zero attached hydrogens (tertiary/aromatic N) is 3. The Kier molecular flexibility index (Phi) is 2.62. The molecule has 10 heavy (non-hydrogen) atoms. The van der Waals surface area contributed by atoms with Crippen LogP contribution in [0.25, 0.3) is 0 Å². The molecule has 0 unspecified atom stereocenters. The van der Waals surface area contributed by atoms with Crippen LogP contribution >= 0.6 is 0 Å². The van der Waals surface area contributed by atoms with Crippen molar-refractivity contribution in [3.8, 4) is 0 Å². The first-order valence-corrected chi connectivity index (χ1v) is 2.88. The predicted molar refractivity (Wildman–Crippen MR) is 33.7 cm³/mol. The lowest BCUT2D eigenvalue weighted by atomic mass is 10.6. The summed E-state index contributed by atoms with van der Waals surface area (Å²) in [4.78, 5) is 7.40. The van der Waals surface area contributed by atoms with Gasteiger partial charge in [-0.25, -0.2) is 4.99 Å². The van der Waals surface area contributed by atoms with Gasteiger partial charge in [0.1, 0.15) is 12.4 Å². The molecule has 0 aromatic heterocycles. The van der Waals surface area contributed by atoms with E-state index in [2.05, 4.69) is 25.7 Å². The van der Waals surface area contributed by atoms with Crippen molar-refractivity contribution in [1.82, 2.24) is 5.32 Å². The first-order valence-electron chi connectivity index (χ1n) is 2.88. The quantitative estimate of drug-likeness (QED) is 0.328. The molecule has 0 aromatic carbocycles. The van der Waals surface area contributed by atoms with Gasteiger partial charge in [0.25, 0.3) is 0 Å². The Morgan fingerprint density at radius 2 is 2.70 bits per heavy atom.